The van der Waals surface area contributed by atoms with E-state index in [1.54, 1.807) is 0 Å². The minimum absolute atomic E-state index is 0.563. The van der Waals surface area contributed by atoms with Gasteiger partial charge in [0.2, 0.25) is 0 Å². The first-order chi connectivity index (χ1) is 8.24. The van der Waals surface area contributed by atoms with Crippen LogP contribution in [0.4, 0.5) is 5.82 Å². The average molecular weight is 252 g/mol. The van der Waals surface area contributed by atoms with Gasteiger partial charge in [0.25, 0.3) is 0 Å². The lowest BCUT2D eigenvalue weighted by Crippen LogP contribution is -2.38. The van der Waals surface area contributed by atoms with Crippen LogP contribution in [0.25, 0.3) is 0 Å². The summed E-state index contributed by atoms with van der Waals surface area (Å²) >= 11 is 6.11. The molecule has 0 amide bonds. The van der Waals surface area contributed by atoms with Crippen LogP contribution in [-0.4, -0.2) is 22.6 Å². The van der Waals surface area contributed by atoms with Gasteiger partial charge in [0.15, 0.2) is 0 Å². The predicted octanol–water partition coefficient (Wildman–Crippen LogP) is 3.39. The van der Waals surface area contributed by atoms with Gasteiger partial charge in [-0.25, -0.2) is 9.97 Å². The predicted molar refractivity (Wildman–Crippen MR) is 69.7 cm³/mol. The van der Waals surface area contributed by atoms with Crippen LogP contribution in [0.3, 0.4) is 0 Å². The second kappa shape index (κ2) is 4.45. The molecule has 1 saturated heterocycles. The molecular formula is C13H18ClN3. The first-order valence-electron chi connectivity index (χ1n) is 6.55. The zero-order valence-electron chi connectivity index (χ0n) is 10.2. The molecule has 3 rings (SSSR count). The molecule has 1 atom stereocenters. The monoisotopic (exact) mass is 251 g/mol. The third-order valence-electron chi connectivity index (χ3n) is 3.74. The Hall–Kier alpha value is -0.830. The fraction of sp³-hybridized carbons (Fsp3) is 0.692. The highest BCUT2D eigenvalue weighted by Gasteiger charge is 2.28. The smallest absolute Gasteiger partial charge is 0.135 e. The van der Waals surface area contributed by atoms with E-state index in [2.05, 4.69) is 16.8 Å². The van der Waals surface area contributed by atoms with Gasteiger partial charge in [-0.15, -0.1) is 0 Å². The SMILES string of the molecule is C[C@H]1CCCCN1c1cc(Cl)nc(C2CC2)n1. The van der Waals surface area contributed by atoms with Crippen molar-refractivity contribution < 1.29 is 0 Å². The van der Waals surface area contributed by atoms with E-state index in [1.807, 2.05) is 6.07 Å². The van der Waals surface area contributed by atoms with Gasteiger partial charge in [-0.2, -0.15) is 0 Å². The van der Waals surface area contributed by atoms with Gasteiger partial charge in [0.1, 0.15) is 16.8 Å². The van der Waals surface area contributed by atoms with E-state index in [9.17, 15) is 0 Å². The molecule has 0 N–H and O–H groups in total. The molecule has 92 valence electrons. The molecule has 4 heteroatoms. The van der Waals surface area contributed by atoms with Crippen molar-refractivity contribution in [1.82, 2.24) is 9.97 Å². The summed E-state index contributed by atoms with van der Waals surface area (Å²) in [6.07, 6.45) is 6.27. The second-order valence-corrected chi connectivity index (χ2v) is 5.61. The number of hydrogen-bond donors (Lipinski definition) is 0. The lowest BCUT2D eigenvalue weighted by molar-refractivity contribution is 0.480. The van der Waals surface area contributed by atoms with Gasteiger partial charge in [-0.05, 0) is 39.0 Å². The topological polar surface area (TPSA) is 29.0 Å². The van der Waals surface area contributed by atoms with Crippen molar-refractivity contribution in [1.29, 1.82) is 0 Å². The highest BCUT2D eigenvalue weighted by molar-refractivity contribution is 6.29. The molecule has 3 nitrogen and oxygen atoms in total. The van der Waals surface area contributed by atoms with Crippen molar-refractivity contribution >= 4 is 17.4 Å². The number of nitrogens with zero attached hydrogens (tertiary/aromatic N) is 3. The van der Waals surface area contributed by atoms with Crippen molar-refractivity contribution in [3.63, 3.8) is 0 Å². The number of rotatable bonds is 2. The maximum Gasteiger partial charge on any atom is 0.135 e. The van der Waals surface area contributed by atoms with Crippen molar-refractivity contribution in [2.45, 2.75) is 51.0 Å². The molecule has 0 aromatic carbocycles. The molecule has 1 aromatic heterocycles. The van der Waals surface area contributed by atoms with Gasteiger partial charge in [0, 0.05) is 24.6 Å². The number of hydrogen-bond acceptors (Lipinski definition) is 3. The molecule has 1 aliphatic carbocycles. The Morgan fingerprint density at radius 2 is 2.06 bits per heavy atom. The lowest BCUT2D eigenvalue weighted by atomic mass is 10.0. The number of aromatic nitrogens is 2. The molecule has 1 saturated carbocycles. The largest absolute Gasteiger partial charge is 0.354 e. The molecule has 0 unspecified atom stereocenters. The van der Waals surface area contributed by atoms with E-state index in [1.165, 1.54) is 32.1 Å². The molecule has 0 spiro atoms. The summed E-state index contributed by atoms with van der Waals surface area (Å²) in [5, 5.41) is 0.592. The zero-order valence-corrected chi connectivity index (χ0v) is 11.0. The van der Waals surface area contributed by atoms with Crippen LogP contribution in [0, 0.1) is 0 Å². The Morgan fingerprint density at radius 3 is 2.76 bits per heavy atom. The maximum absolute atomic E-state index is 6.11. The van der Waals surface area contributed by atoms with Crippen molar-refractivity contribution in [2.75, 3.05) is 11.4 Å². The maximum atomic E-state index is 6.11. The normalized spacial score (nSPS) is 25.1. The summed E-state index contributed by atoms with van der Waals surface area (Å²) in [5.74, 6) is 2.54. The Bertz CT molecular complexity index is 417. The third kappa shape index (κ3) is 2.39. The molecule has 1 aromatic rings. The Balaban J connectivity index is 1.90. The summed E-state index contributed by atoms with van der Waals surface area (Å²) in [6.45, 7) is 3.37. The van der Waals surface area contributed by atoms with Crippen LogP contribution in [0.2, 0.25) is 5.15 Å². The highest BCUT2D eigenvalue weighted by atomic mass is 35.5. The van der Waals surface area contributed by atoms with Gasteiger partial charge in [0.05, 0.1) is 0 Å². The molecule has 0 bridgehead atoms. The molecule has 0 radical (unpaired) electrons. The van der Waals surface area contributed by atoms with Gasteiger partial charge in [-0.3, -0.25) is 0 Å². The minimum atomic E-state index is 0.563. The van der Waals surface area contributed by atoms with Crippen LogP contribution in [0.1, 0.15) is 50.8 Å². The van der Waals surface area contributed by atoms with Crippen molar-refractivity contribution in [2.24, 2.45) is 0 Å². The van der Waals surface area contributed by atoms with Crippen LogP contribution < -0.4 is 4.90 Å². The first kappa shape index (κ1) is 11.3. The van der Waals surface area contributed by atoms with Gasteiger partial charge in [-0.1, -0.05) is 11.6 Å². The van der Waals surface area contributed by atoms with Crippen LogP contribution in [0.5, 0.6) is 0 Å². The van der Waals surface area contributed by atoms with E-state index >= 15 is 0 Å². The van der Waals surface area contributed by atoms with E-state index in [0.29, 0.717) is 17.1 Å². The fourth-order valence-corrected chi connectivity index (χ4v) is 2.72. The molecule has 2 aliphatic rings. The van der Waals surface area contributed by atoms with Crippen LogP contribution in [-0.2, 0) is 0 Å². The van der Waals surface area contributed by atoms with Crippen LogP contribution >= 0.6 is 11.6 Å². The number of piperidine rings is 1. The summed E-state index contributed by atoms with van der Waals surface area (Å²) in [5.41, 5.74) is 0. The quantitative estimate of drug-likeness (QED) is 0.755. The van der Waals surface area contributed by atoms with Crippen molar-refractivity contribution in [3.05, 3.63) is 17.0 Å². The second-order valence-electron chi connectivity index (χ2n) is 5.22. The summed E-state index contributed by atoms with van der Waals surface area (Å²) in [4.78, 5) is 11.4. The van der Waals surface area contributed by atoms with Crippen molar-refractivity contribution in [3.8, 4) is 0 Å². The van der Waals surface area contributed by atoms with E-state index in [4.69, 9.17) is 16.6 Å². The Labute approximate surface area is 107 Å². The number of halogens is 1. The van der Waals surface area contributed by atoms with Gasteiger partial charge >= 0.3 is 0 Å². The minimum Gasteiger partial charge on any atom is -0.354 e. The summed E-state index contributed by atoms with van der Waals surface area (Å²) in [7, 11) is 0. The summed E-state index contributed by atoms with van der Waals surface area (Å²) < 4.78 is 0. The summed E-state index contributed by atoms with van der Waals surface area (Å²) in [6, 6.07) is 2.48. The average Bonchev–Trinajstić information content (AvgIpc) is 3.12. The fourth-order valence-electron chi connectivity index (χ4n) is 2.53. The standard InChI is InChI=1S/C13H18ClN3/c1-9-4-2-3-7-17(9)12-8-11(14)15-13(16-12)10-5-6-10/h8-10H,2-7H2,1H3/t9-/m0/s1. The molecule has 2 heterocycles. The van der Waals surface area contributed by atoms with Gasteiger partial charge < -0.3 is 4.90 Å². The van der Waals surface area contributed by atoms with Crippen LogP contribution in [0.15, 0.2) is 6.07 Å². The molecule has 2 fully saturated rings. The van der Waals surface area contributed by atoms with E-state index in [-0.39, 0.29) is 0 Å². The van der Waals surface area contributed by atoms with E-state index < -0.39 is 0 Å². The Morgan fingerprint density at radius 1 is 1.24 bits per heavy atom. The third-order valence-corrected chi connectivity index (χ3v) is 3.93. The zero-order chi connectivity index (χ0) is 11.8. The molecular weight excluding hydrogens is 234 g/mol. The highest BCUT2D eigenvalue weighted by Crippen LogP contribution is 2.39. The molecule has 1 aliphatic heterocycles. The number of anilines is 1. The lowest BCUT2D eigenvalue weighted by Gasteiger charge is -2.34. The first-order valence-corrected chi connectivity index (χ1v) is 6.93. The molecule has 17 heavy (non-hydrogen) atoms. The Kier molecular flexibility index (Phi) is 2.95. The van der Waals surface area contributed by atoms with E-state index in [0.717, 1.165) is 18.2 Å².